The van der Waals surface area contributed by atoms with Gasteiger partial charge >= 0.3 is 93.5 Å². The Bertz CT molecular complexity index is 158. The summed E-state index contributed by atoms with van der Waals surface area (Å²) >= 11 is -0.0881. The quantitative estimate of drug-likeness (QED) is 0.629. The minimum atomic E-state index is -0.0881. The minimum absolute atomic E-state index is 0.0881. The van der Waals surface area contributed by atoms with Gasteiger partial charge in [0.2, 0.25) is 0 Å². The van der Waals surface area contributed by atoms with Gasteiger partial charge < -0.3 is 0 Å². The molecule has 3 heteroatoms. The van der Waals surface area contributed by atoms with Crippen molar-refractivity contribution in [2.24, 2.45) is 0 Å². The predicted octanol–water partition coefficient (Wildman–Crippen LogP) is 1.74. The molecule has 0 aromatic rings. The van der Waals surface area contributed by atoms with Crippen molar-refractivity contribution in [3.63, 3.8) is 0 Å². The monoisotopic (exact) mass is 300 g/mol. The Morgan fingerprint density at radius 1 is 0.769 bits per heavy atom. The van der Waals surface area contributed by atoms with E-state index in [2.05, 4.69) is 47.8 Å². The molecule has 0 saturated carbocycles. The van der Waals surface area contributed by atoms with Gasteiger partial charge in [-0.2, -0.15) is 0 Å². The normalized spacial score (nSPS) is 22.6. The maximum absolute atomic E-state index is 2.67. The fourth-order valence-electron chi connectivity index (χ4n) is 1.30. The molecule has 1 fully saturated rings. The Hall–Kier alpha value is 0.710. The third kappa shape index (κ3) is 3.09. The fraction of sp³-hybridized carbons (Fsp3) is 1.00. The van der Waals surface area contributed by atoms with Crippen molar-refractivity contribution >= 4 is 21.5 Å². The second kappa shape index (κ2) is 3.70. The molecular formula is C10H22N2Te. The second-order valence-corrected chi connectivity index (χ2v) is 8.61. The van der Waals surface area contributed by atoms with E-state index in [1.54, 1.807) is 0 Å². The zero-order valence-corrected chi connectivity index (χ0v) is 12.0. The van der Waals surface area contributed by atoms with Gasteiger partial charge in [-0.1, -0.05) is 0 Å². The third-order valence-corrected chi connectivity index (χ3v) is 7.49. The molecule has 13 heavy (non-hydrogen) atoms. The van der Waals surface area contributed by atoms with Crippen LogP contribution < -0.4 is 0 Å². The average Bonchev–Trinajstić information content (AvgIpc) is 2.28. The van der Waals surface area contributed by atoms with Gasteiger partial charge in [0, 0.05) is 0 Å². The van der Waals surface area contributed by atoms with E-state index in [1.807, 2.05) is 0 Å². The van der Waals surface area contributed by atoms with Crippen LogP contribution >= 0.6 is 0 Å². The molecule has 0 unspecified atom stereocenters. The van der Waals surface area contributed by atoms with Crippen LogP contribution in [0.3, 0.4) is 0 Å². The molecule has 0 N–H and O–H groups in total. The summed E-state index contributed by atoms with van der Waals surface area (Å²) in [6.45, 7) is 16.5. The molecule has 0 aromatic heterocycles. The summed E-state index contributed by atoms with van der Waals surface area (Å²) in [4.78, 5) is 0. The molecule has 0 aliphatic carbocycles. The van der Waals surface area contributed by atoms with E-state index in [0.29, 0.717) is 11.1 Å². The van der Waals surface area contributed by atoms with Crippen LogP contribution in [0.1, 0.15) is 41.5 Å². The second-order valence-electron chi connectivity index (χ2n) is 5.63. The maximum atomic E-state index is 2.67. The molecule has 0 radical (unpaired) electrons. The van der Waals surface area contributed by atoms with Crippen molar-refractivity contribution in [2.75, 3.05) is 13.1 Å². The molecule has 1 aliphatic rings. The van der Waals surface area contributed by atoms with Crippen LogP contribution in [0.2, 0.25) is 0 Å². The summed E-state index contributed by atoms with van der Waals surface area (Å²) < 4.78 is 5.34. The first-order valence-electron chi connectivity index (χ1n) is 4.94. The number of nitrogens with zero attached hydrogens (tertiary/aromatic N) is 2. The average molecular weight is 298 g/mol. The molecule has 0 bridgehead atoms. The van der Waals surface area contributed by atoms with Crippen LogP contribution in [0, 0.1) is 0 Å². The topological polar surface area (TPSA) is 6.48 Å². The standard InChI is InChI=1S/C10H22N2Te/c1-9(2,3)11-7-8-12(13-11)10(4,5)6/h7-8H2,1-6H3. The first-order chi connectivity index (χ1) is 5.71. The van der Waals surface area contributed by atoms with Crippen LogP contribution in [-0.2, 0) is 0 Å². The predicted molar refractivity (Wildman–Crippen MR) is 58.7 cm³/mol. The Morgan fingerprint density at radius 2 is 1.08 bits per heavy atom. The van der Waals surface area contributed by atoms with E-state index in [4.69, 9.17) is 0 Å². The van der Waals surface area contributed by atoms with Crippen LogP contribution in [-0.4, -0.2) is 51.9 Å². The van der Waals surface area contributed by atoms with E-state index in [9.17, 15) is 0 Å². The van der Waals surface area contributed by atoms with E-state index >= 15 is 0 Å². The van der Waals surface area contributed by atoms with Gasteiger partial charge in [-0.25, -0.2) is 0 Å². The molecule has 1 rings (SSSR count). The summed E-state index contributed by atoms with van der Waals surface area (Å²) in [5.41, 5.74) is 0.754. The van der Waals surface area contributed by atoms with Gasteiger partial charge in [0.1, 0.15) is 0 Å². The van der Waals surface area contributed by atoms with Gasteiger partial charge in [0.25, 0.3) is 0 Å². The zero-order chi connectivity index (χ0) is 10.3. The van der Waals surface area contributed by atoms with Gasteiger partial charge in [0.05, 0.1) is 0 Å². The van der Waals surface area contributed by atoms with Crippen LogP contribution in [0.15, 0.2) is 0 Å². The van der Waals surface area contributed by atoms with Crippen molar-refractivity contribution < 1.29 is 0 Å². The summed E-state index contributed by atoms with van der Waals surface area (Å²) in [6, 6.07) is 0. The van der Waals surface area contributed by atoms with Crippen molar-refractivity contribution in [3.05, 3.63) is 0 Å². The van der Waals surface area contributed by atoms with E-state index < -0.39 is 0 Å². The Labute approximate surface area is 93.4 Å². The number of rotatable bonds is 0. The summed E-state index contributed by atoms with van der Waals surface area (Å²) in [6.07, 6.45) is 0. The molecule has 1 saturated heterocycles. The molecule has 78 valence electrons. The van der Waals surface area contributed by atoms with Crippen molar-refractivity contribution in [1.29, 1.82) is 0 Å². The molecule has 2 nitrogen and oxygen atoms in total. The van der Waals surface area contributed by atoms with Crippen molar-refractivity contribution in [2.45, 2.75) is 52.6 Å². The molecular weight excluding hydrogens is 276 g/mol. The van der Waals surface area contributed by atoms with Gasteiger partial charge in [-0.05, 0) is 0 Å². The van der Waals surface area contributed by atoms with Crippen LogP contribution in [0.25, 0.3) is 0 Å². The van der Waals surface area contributed by atoms with Gasteiger partial charge in [-0.3, -0.25) is 0 Å². The first-order valence-corrected chi connectivity index (χ1v) is 7.03. The molecule has 0 atom stereocenters. The number of hydrogen-bond donors (Lipinski definition) is 0. The fourth-order valence-corrected chi connectivity index (χ4v) is 4.31. The van der Waals surface area contributed by atoms with E-state index in [0.717, 1.165) is 0 Å². The summed E-state index contributed by atoms with van der Waals surface area (Å²) in [7, 11) is 0. The zero-order valence-electron chi connectivity index (χ0n) is 9.72. The summed E-state index contributed by atoms with van der Waals surface area (Å²) in [5, 5.41) is 0. The van der Waals surface area contributed by atoms with Crippen LogP contribution in [0.5, 0.6) is 0 Å². The van der Waals surface area contributed by atoms with Gasteiger partial charge in [-0.15, -0.1) is 0 Å². The van der Waals surface area contributed by atoms with E-state index in [1.165, 1.54) is 13.1 Å². The molecule has 1 aliphatic heterocycles. The Kier molecular flexibility index (Phi) is 3.35. The van der Waals surface area contributed by atoms with Gasteiger partial charge in [0.15, 0.2) is 0 Å². The summed E-state index contributed by atoms with van der Waals surface area (Å²) in [5.74, 6) is 0. The van der Waals surface area contributed by atoms with E-state index in [-0.39, 0.29) is 21.5 Å². The molecule has 1 heterocycles. The first kappa shape index (κ1) is 11.8. The third-order valence-electron chi connectivity index (χ3n) is 2.20. The molecule has 0 spiro atoms. The Morgan fingerprint density at radius 3 is 1.23 bits per heavy atom. The Balaban J connectivity index is 2.55. The molecule has 0 aromatic carbocycles. The van der Waals surface area contributed by atoms with Crippen LogP contribution in [0.4, 0.5) is 0 Å². The number of hydrogen-bond acceptors (Lipinski definition) is 2. The molecule has 0 amide bonds. The van der Waals surface area contributed by atoms with Crippen molar-refractivity contribution in [3.8, 4) is 0 Å². The SMILES string of the molecule is CC(C)(C)N1CCN(C(C)(C)C)[Te]1. The van der Waals surface area contributed by atoms with Crippen molar-refractivity contribution in [1.82, 2.24) is 6.30 Å².